The Bertz CT molecular complexity index is 356. The summed E-state index contributed by atoms with van der Waals surface area (Å²) in [5.41, 5.74) is -0.206. The second-order valence-corrected chi connectivity index (χ2v) is 3.90. The number of halogens is 1. The molecule has 0 atom stereocenters. The predicted octanol–water partition coefficient (Wildman–Crippen LogP) is 2.77. The summed E-state index contributed by atoms with van der Waals surface area (Å²) in [6.07, 6.45) is 3.38. The van der Waals surface area contributed by atoms with Crippen molar-refractivity contribution in [2.75, 3.05) is 0 Å². The minimum absolute atomic E-state index is 0.291. The van der Waals surface area contributed by atoms with Crippen LogP contribution in [0.4, 0.5) is 4.39 Å². The van der Waals surface area contributed by atoms with Gasteiger partial charge in [0.25, 0.3) is 6.47 Å². The molecule has 0 heterocycles. The molecule has 0 saturated heterocycles. The van der Waals surface area contributed by atoms with E-state index < -0.39 is 5.60 Å². The van der Waals surface area contributed by atoms with Crippen LogP contribution in [0.15, 0.2) is 24.3 Å². The van der Waals surface area contributed by atoms with Crippen LogP contribution in [-0.2, 0) is 15.1 Å². The van der Waals surface area contributed by atoms with Crippen LogP contribution in [-0.4, -0.2) is 6.47 Å². The summed E-state index contributed by atoms with van der Waals surface area (Å²) in [5.74, 6) is -0.291. The van der Waals surface area contributed by atoms with Gasteiger partial charge in [-0.25, -0.2) is 4.39 Å². The normalized spacial score (nSPS) is 18.7. The molecule has 1 fully saturated rings. The van der Waals surface area contributed by atoms with E-state index in [-0.39, 0.29) is 5.82 Å². The maximum Gasteiger partial charge on any atom is 0.293 e. The zero-order chi connectivity index (χ0) is 10.7. The molecular formula is C12H13FO2. The van der Waals surface area contributed by atoms with Gasteiger partial charge in [0.05, 0.1) is 0 Å². The van der Waals surface area contributed by atoms with Crippen LogP contribution < -0.4 is 0 Å². The van der Waals surface area contributed by atoms with Gasteiger partial charge in [0.15, 0.2) is 0 Å². The smallest absolute Gasteiger partial charge is 0.293 e. The van der Waals surface area contributed by atoms with E-state index in [1.165, 1.54) is 6.07 Å². The number of hydrogen-bond acceptors (Lipinski definition) is 2. The van der Waals surface area contributed by atoms with E-state index in [9.17, 15) is 9.18 Å². The first-order chi connectivity index (χ1) is 7.28. The molecule has 0 aliphatic heterocycles. The summed E-state index contributed by atoms with van der Waals surface area (Å²) in [4.78, 5) is 10.5. The molecule has 2 rings (SSSR count). The average molecular weight is 208 g/mol. The van der Waals surface area contributed by atoms with Crippen molar-refractivity contribution in [1.82, 2.24) is 0 Å². The van der Waals surface area contributed by atoms with E-state index in [4.69, 9.17) is 4.74 Å². The van der Waals surface area contributed by atoms with Gasteiger partial charge in [-0.05, 0) is 31.7 Å². The van der Waals surface area contributed by atoms with Gasteiger partial charge < -0.3 is 4.74 Å². The van der Waals surface area contributed by atoms with Gasteiger partial charge in [-0.3, -0.25) is 4.79 Å². The zero-order valence-electron chi connectivity index (χ0n) is 8.41. The molecule has 0 N–H and O–H groups in total. The van der Waals surface area contributed by atoms with Gasteiger partial charge in [-0.2, -0.15) is 0 Å². The quantitative estimate of drug-likeness (QED) is 0.714. The van der Waals surface area contributed by atoms with E-state index in [1.54, 1.807) is 18.2 Å². The predicted molar refractivity (Wildman–Crippen MR) is 53.7 cm³/mol. The lowest BCUT2D eigenvalue weighted by Crippen LogP contribution is -2.26. The Labute approximate surface area is 88.1 Å². The van der Waals surface area contributed by atoms with Crippen LogP contribution in [0.1, 0.15) is 31.2 Å². The van der Waals surface area contributed by atoms with Gasteiger partial charge in [0.2, 0.25) is 0 Å². The molecule has 0 radical (unpaired) electrons. The Morgan fingerprint density at radius 3 is 2.53 bits per heavy atom. The molecule has 0 aromatic heterocycles. The standard InChI is InChI=1S/C12H13FO2/c13-11-6-2-1-5-10(11)12(15-9-14)7-3-4-8-12/h1-2,5-6,9H,3-4,7-8H2. The summed E-state index contributed by atoms with van der Waals surface area (Å²) >= 11 is 0. The Morgan fingerprint density at radius 2 is 1.93 bits per heavy atom. The minimum Gasteiger partial charge on any atom is -0.456 e. The highest BCUT2D eigenvalue weighted by Gasteiger charge is 2.39. The SMILES string of the molecule is O=COC1(c2ccccc2F)CCCC1. The van der Waals surface area contributed by atoms with E-state index in [1.807, 2.05) is 0 Å². The lowest BCUT2D eigenvalue weighted by molar-refractivity contribution is -0.144. The third-order valence-electron chi connectivity index (χ3n) is 3.05. The summed E-state index contributed by atoms with van der Waals surface area (Å²) in [5, 5.41) is 0. The van der Waals surface area contributed by atoms with Crippen molar-refractivity contribution in [3.8, 4) is 0 Å². The molecule has 0 amide bonds. The van der Waals surface area contributed by atoms with Gasteiger partial charge in [-0.1, -0.05) is 18.2 Å². The first-order valence-electron chi connectivity index (χ1n) is 5.15. The Kier molecular flexibility index (Phi) is 2.71. The Hall–Kier alpha value is -1.38. The highest BCUT2D eigenvalue weighted by atomic mass is 19.1. The minimum atomic E-state index is -0.715. The largest absolute Gasteiger partial charge is 0.456 e. The summed E-state index contributed by atoms with van der Waals surface area (Å²) in [7, 11) is 0. The van der Waals surface area contributed by atoms with Crippen molar-refractivity contribution in [1.29, 1.82) is 0 Å². The van der Waals surface area contributed by atoms with E-state index in [0.29, 0.717) is 24.9 Å². The number of carbonyl (C=O) groups excluding carboxylic acids is 1. The fraction of sp³-hybridized carbons (Fsp3) is 0.417. The summed E-state index contributed by atoms with van der Waals surface area (Å²) < 4.78 is 18.8. The number of benzene rings is 1. The maximum atomic E-state index is 13.6. The topological polar surface area (TPSA) is 26.3 Å². The van der Waals surface area contributed by atoms with Gasteiger partial charge in [0, 0.05) is 5.56 Å². The first kappa shape index (κ1) is 10.1. The number of rotatable bonds is 3. The zero-order valence-corrected chi connectivity index (χ0v) is 8.41. The molecule has 0 unspecified atom stereocenters. The van der Waals surface area contributed by atoms with Crippen LogP contribution >= 0.6 is 0 Å². The maximum absolute atomic E-state index is 13.6. The molecule has 2 nitrogen and oxygen atoms in total. The van der Waals surface area contributed by atoms with Crippen molar-refractivity contribution in [3.05, 3.63) is 35.6 Å². The molecular weight excluding hydrogens is 195 g/mol. The third-order valence-corrected chi connectivity index (χ3v) is 3.05. The summed E-state index contributed by atoms with van der Waals surface area (Å²) in [6.45, 7) is 0.428. The lowest BCUT2D eigenvalue weighted by atomic mass is 9.91. The highest BCUT2D eigenvalue weighted by molar-refractivity contribution is 5.41. The van der Waals surface area contributed by atoms with Crippen LogP contribution in [0.3, 0.4) is 0 Å². The van der Waals surface area contributed by atoms with Crippen molar-refractivity contribution in [3.63, 3.8) is 0 Å². The van der Waals surface area contributed by atoms with Crippen molar-refractivity contribution in [2.24, 2.45) is 0 Å². The highest BCUT2D eigenvalue weighted by Crippen LogP contribution is 2.42. The molecule has 1 aromatic carbocycles. The van der Waals surface area contributed by atoms with Crippen molar-refractivity contribution < 1.29 is 13.9 Å². The van der Waals surface area contributed by atoms with Gasteiger partial charge >= 0.3 is 0 Å². The average Bonchev–Trinajstić information content (AvgIpc) is 2.69. The number of ether oxygens (including phenoxy) is 1. The molecule has 0 bridgehead atoms. The number of carbonyl (C=O) groups is 1. The Morgan fingerprint density at radius 1 is 1.27 bits per heavy atom. The van der Waals surface area contributed by atoms with Crippen LogP contribution in [0, 0.1) is 5.82 Å². The molecule has 1 aliphatic carbocycles. The fourth-order valence-corrected chi connectivity index (χ4v) is 2.32. The van der Waals surface area contributed by atoms with Crippen molar-refractivity contribution in [2.45, 2.75) is 31.3 Å². The van der Waals surface area contributed by atoms with E-state index in [0.717, 1.165) is 12.8 Å². The van der Waals surface area contributed by atoms with Crippen LogP contribution in [0.25, 0.3) is 0 Å². The molecule has 3 heteroatoms. The molecule has 80 valence electrons. The second kappa shape index (κ2) is 4.01. The molecule has 1 aromatic rings. The monoisotopic (exact) mass is 208 g/mol. The lowest BCUT2D eigenvalue weighted by Gasteiger charge is -2.27. The fourth-order valence-electron chi connectivity index (χ4n) is 2.32. The van der Waals surface area contributed by atoms with Crippen LogP contribution in [0.2, 0.25) is 0 Å². The first-order valence-corrected chi connectivity index (χ1v) is 5.15. The van der Waals surface area contributed by atoms with Gasteiger partial charge in [0.1, 0.15) is 11.4 Å². The van der Waals surface area contributed by atoms with E-state index in [2.05, 4.69) is 0 Å². The van der Waals surface area contributed by atoms with Crippen LogP contribution in [0.5, 0.6) is 0 Å². The summed E-state index contributed by atoms with van der Waals surface area (Å²) in [6, 6.07) is 6.52. The molecule has 15 heavy (non-hydrogen) atoms. The molecule has 0 spiro atoms. The molecule has 1 aliphatic rings. The Balaban J connectivity index is 2.40. The second-order valence-electron chi connectivity index (χ2n) is 3.90. The van der Waals surface area contributed by atoms with E-state index >= 15 is 0 Å². The van der Waals surface area contributed by atoms with Gasteiger partial charge in [-0.15, -0.1) is 0 Å². The third kappa shape index (κ3) is 1.74. The number of hydrogen-bond donors (Lipinski definition) is 0. The molecule has 1 saturated carbocycles. The van der Waals surface area contributed by atoms with Crippen molar-refractivity contribution >= 4 is 6.47 Å².